The minimum atomic E-state index is -0.903. The zero-order valence-corrected chi connectivity index (χ0v) is 70.1. The number of carboxylic acid groups (broad SMARTS) is 1. The fraction of sp³-hybridized carbons (Fsp3) is 0.417. The van der Waals surface area contributed by atoms with E-state index in [0.29, 0.717) is 68.6 Å². The second kappa shape index (κ2) is 41.3. The van der Waals surface area contributed by atoms with Crippen molar-refractivity contribution in [3.05, 3.63) is 191 Å². The zero-order valence-electron chi connectivity index (χ0n) is 67.7. The monoisotopic (exact) mass is 1680 g/mol. The van der Waals surface area contributed by atoms with Gasteiger partial charge in [-0.25, -0.2) is 24.5 Å². The van der Waals surface area contributed by atoms with Gasteiger partial charge in [0.2, 0.25) is 23.6 Å². The van der Waals surface area contributed by atoms with Gasteiger partial charge in [-0.1, -0.05) is 100 Å². The summed E-state index contributed by atoms with van der Waals surface area (Å²) in [7, 11) is -0.499. The third-order valence-electron chi connectivity index (χ3n) is 20.1. The molecular weight excluding hydrogens is 1580 g/mol. The molecule has 4 amide bonds. The summed E-state index contributed by atoms with van der Waals surface area (Å²) in [4.78, 5) is 100.0. The van der Waals surface area contributed by atoms with Crippen LogP contribution in [0.25, 0.3) is 22.5 Å². The SMILES string of the molecule is C1CCNC1.CC(C(=O)Nc1cc(C2CC2)[nH]n1)c1cccc(-c2cncc(N)n2)c1.CC(C(=O)Nc1cc(C2CC2)[nH]n1)c1cccc(-c2cncc(NC(=O)/C=C/CN3CCCC3)n2)c1.CC(C(=O)Nc1cc(C2CC2)n(C(=O)OC(C)(C)C)n1)c1cccc(B2OC(C)(C)C(C)(C)O2)c1.Nc1cncc(Cl)n1.O=C(O)/C=C/CBr. The molecule has 3 unspecified atom stereocenters. The number of amides is 4. The van der Waals surface area contributed by atoms with Gasteiger partial charge in [0.1, 0.15) is 22.4 Å². The van der Waals surface area contributed by atoms with Gasteiger partial charge >= 0.3 is 19.2 Å². The molecular formula is C84H105BBrClN20O10. The average Bonchev–Trinajstić information content (AvgIpc) is 1.63. The number of nitrogens with two attached hydrogens (primary N) is 2. The molecule has 9 aromatic rings. The van der Waals surface area contributed by atoms with Gasteiger partial charge in [0, 0.05) is 82.5 Å². The molecule has 0 spiro atoms. The summed E-state index contributed by atoms with van der Waals surface area (Å²) in [6.07, 6.45) is 26.6. The summed E-state index contributed by atoms with van der Waals surface area (Å²) in [5.41, 5.74) is 18.8. The van der Waals surface area contributed by atoms with Crippen LogP contribution in [0, 0.1) is 0 Å². The number of alkyl halides is 1. The standard InChI is InChI=1S/C27H31N7O2.C26H36BN3O5.C19H20N6O.C4H5BrO2.C4H4ClN3.C4H9N/c1-18(27(36)31-24-15-22(32-33-24)19-9-10-19)20-6-4-7-21(14-20)23-16-28-17-25(29-23)30-26(35)8-5-13-34-11-2-3-12-34;1-16(18-10-9-11-19(14-18)27-34-25(5,6)26(7,8)35-27)22(31)28-21-15-20(17-12-13-17)30(29-21)23(32)33-24(2,3)4;1-11(19(26)23-18-8-15(24-25-18)12-5-6-12)13-3-2-4-14(7-13)16-9-21-10-17(20)22-16;5-3-1-2-4(6)7;5-3-1-7-2-4(6)8-3;1-2-4-5-3-1/h4-8,14-19H,2-3,9-13H2,1H3,(H,29,30,35)(H2,31,32,33,36);9-11,14-17H,12-13H2,1-8H3,(H,28,29,31);2-4,7-12H,5-6H2,1H3,(H2,20,22)(H2,23,24,25,26);1-2H,3H2,(H,6,7);1-2H,(H2,6,8);5H,1-4H2/b8-5+;;;2-1+;;. The molecule has 117 heavy (non-hydrogen) atoms. The van der Waals surface area contributed by atoms with Gasteiger partial charge in [0.25, 0.3) is 0 Å². The van der Waals surface area contributed by atoms with Gasteiger partial charge in [0.15, 0.2) is 23.3 Å². The van der Waals surface area contributed by atoms with Crippen LogP contribution in [0.1, 0.15) is 203 Å². The van der Waals surface area contributed by atoms with Crippen molar-refractivity contribution in [1.82, 2.24) is 70.3 Å². The third kappa shape index (κ3) is 27.4. The highest BCUT2D eigenvalue weighted by atomic mass is 79.9. The molecule has 6 aromatic heterocycles. The number of anilines is 6. The number of rotatable bonds is 21. The summed E-state index contributed by atoms with van der Waals surface area (Å²) < 4.78 is 19.1. The van der Waals surface area contributed by atoms with Crippen molar-refractivity contribution in [3.8, 4) is 22.5 Å². The fourth-order valence-electron chi connectivity index (χ4n) is 12.3. The number of nitrogen functional groups attached to an aromatic ring is 2. The van der Waals surface area contributed by atoms with Gasteiger partial charge in [-0.3, -0.25) is 49.2 Å². The largest absolute Gasteiger partial charge is 0.494 e. The van der Waals surface area contributed by atoms with Crippen LogP contribution in [0.5, 0.6) is 0 Å². The molecule has 3 saturated carbocycles. The molecule has 3 aliphatic heterocycles. The molecule has 0 radical (unpaired) electrons. The first kappa shape index (κ1) is 88.5. The third-order valence-corrected chi connectivity index (χ3v) is 20.6. The number of ether oxygens (including phenoxy) is 1. The molecule has 12 N–H and O–H groups in total. The minimum absolute atomic E-state index is 0.102. The predicted molar refractivity (Wildman–Crippen MR) is 457 cm³/mol. The molecule has 618 valence electrons. The Kier molecular flexibility index (Phi) is 31.2. The van der Waals surface area contributed by atoms with Crippen LogP contribution in [0.4, 0.5) is 39.7 Å². The van der Waals surface area contributed by atoms with Crippen molar-refractivity contribution in [2.75, 3.05) is 70.8 Å². The number of nitrogens with one attached hydrogen (secondary N) is 7. The summed E-state index contributed by atoms with van der Waals surface area (Å²) in [6.45, 7) is 24.5. The highest BCUT2D eigenvalue weighted by molar-refractivity contribution is 9.09. The maximum atomic E-state index is 13.1. The molecule has 30 nitrogen and oxygen atoms in total. The number of allylic oxidation sites excluding steroid dienone is 1. The van der Waals surface area contributed by atoms with Crippen molar-refractivity contribution in [3.63, 3.8) is 0 Å². The quantitative estimate of drug-likeness (QED) is 0.0181. The van der Waals surface area contributed by atoms with Gasteiger partial charge in [0.05, 0.1) is 83.2 Å². The minimum Gasteiger partial charge on any atom is -0.478 e. The van der Waals surface area contributed by atoms with E-state index in [1.54, 1.807) is 24.5 Å². The van der Waals surface area contributed by atoms with Crippen LogP contribution in [-0.4, -0.2) is 168 Å². The number of likely N-dealkylation sites (tertiary alicyclic amines) is 1. The summed E-state index contributed by atoms with van der Waals surface area (Å²) in [5.74, 6) is 1.18. The summed E-state index contributed by atoms with van der Waals surface area (Å²) in [5, 5.41) is 42.3. The lowest BCUT2D eigenvalue weighted by molar-refractivity contribution is -0.131. The van der Waals surface area contributed by atoms with E-state index < -0.39 is 41.9 Å². The van der Waals surface area contributed by atoms with Crippen molar-refractivity contribution in [2.24, 2.45) is 0 Å². The van der Waals surface area contributed by atoms with E-state index in [4.69, 9.17) is 42.2 Å². The van der Waals surface area contributed by atoms with E-state index in [-0.39, 0.29) is 41.4 Å². The van der Waals surface area contributed by atoms with E-state index in [9.17, 15) is 28.8 Å². The van der Waals surface area contributed by atoms with E-state index in [1.807, 2.05) is 160 Å². The van der Waals surface area contributed by atoms with Crippen LogP contribution in [-0.2, 0) is 38.0 Å². The smallest absolute Gasteiger partial charge is 0.478 e. The van der Waals surface area contributed by atoms with Crippen molar-refractivity contribution in [2.45, 2.75) is 186 Å². The van der Waals surface area contributed by atoms with Crippen LogP contribution < -0.4 is 43.5 Å². The van der Waals surface area contributed by atoms with Crippen molar-refractivity contribution >= 4 is 111 Å². The van der Waals surface area contributed by atoms with Crippen molar-refractivity contribution < 1.29 is 47.9 Å². The highest BCUT2D eigenvalue weighted by Gasteiger charge is 2.52. The summed E-state index contributed by atoms with van der Waals surface area (Å²) in [6, 6.07) is 28.6. The van der Waals surface area contributed by atoms with Crippen LogP contribution in [0.15, 0.2) is 152 Å². The number of hydrogen-bond donors (Lipinski definition) is 10. The number of halogens is 2. The Hall–Kier alpha value is -10.9. The highest BCUT2D eigenvalue weighted by Crippen LogP contribution is 2.43. The Morgan fingerprint density at radius 3 is 1.57 bits per heavy atom. The predicted octanol–water partition coefficient (Wildman–Crippen LogP) is 13.8. The second-order valence-electron chi connectivity index (χ2n) is 31.4. The number of aromatic nitrogens is 12. The normalized spacial score (nSPS) is 16.7. The number of nitrogens with zero attached hydrogens (tertiary/aromatic N) is 11. The molecule has 6 aliphatic rings. The maximum absolute atomic E-state index is 13.1. The van der Waals surface area contributed by atoms with Crippen LogP contribution in [0.2, 0.25) is 5.15 Å². The molecule has 6 fully saturated rings. The molecule has 3 aliphatic carbocycles. The Bertz CT molecular complexity index is 4890. The number of hydrogen-bond acceptors (Lipinski definition) is 22. The van der Waals surface area contributed by atoms with E-state index in [1.165, 1.54) is 100 Å². The van der Waals surface area contributed by atoms with Gasteiger partial charge in [-0.15, -0.1) is 5.10 Å². The van der Waals surface area contributed by atoms with E-state index >= 15 is 0 Å². The number of carbonyl (C=O) groups excluding carboxylic acids is 5. The lowest BCUT2D eigenvalue weighted by atomic mass is 9.77. The number of aliphatic carboxylic acids is 1. The first-order valence-electron chi connectivity index (χ1n) is 39.4. The van der Waals surface area contributed by atoms with Crippen LogP contribution in [0.3, 0.4) is 0 Å². The Labute approximate surface area is 695 Å². The molecule has 3 saturated heterocycles. The molecule has 15 rings (SSSR count). The van der Waals surface area contributed by atoms with Gasteiger partial charge in [-0.2, -0.15) is 14.9 Å². The lowest BCUT2D eigenvalue weighted by Gasteiger charge is -2.32. The van der Waals surface area contributed by atoms with Crippen LogP contribution >= 0.6 is 27.5 Å². The van der Waals surface area contributed by atoms with Gasteiger partial charge in [-0.05, 0) is 194 Å². The molecule has 3 aromatic carbocycles. The topological polar surface area (TPSA) is 418 Å². The maximum Gasteiger partial charge on any atom is 0.494 e. The number of aromatic amines is 2. The van der Waals surface area contributed by atoms with Crippen molar-refractivity contribution in [1.29, 1.82) is 0 Å². The van der Waals surface area contributed by atoms with E-state index in [0.717, 1.165) is 88.9 Å². The number of carboxylic acids is 1. The number of H-pyrrole nitrogens is 2. The molecule has 0 bridgehead atoms. The first-order valence-corrected chi connectivity index (χ1v) is 40.9. The second-order valence-corrected chi connectivity index (χ2v) is 32.4. The van der Waals surface area contributed by atoms with E-state index in [2.05, 4.69) is 103 Å². The zero-order chi connectivity index (χ0) is 84.0. The Morgan fingerprint density at radius 1 is 0.615 bits per heavy atom. The number of carbonyl (C=O) groups is 6. The Morgan fingerprint density at radius 2 is 1.11 bits per heavy atom. The average molecular weight is 1680 g/mol. The number of benzene rings is 3. The summed E-state index contributed by atoms with van der Waals surface area (Å²) >= 11 is 8.42. The Balaban J connectivity index is 0.000000166. The molecule has 33 heteroatoms. The fourth-order valence-corrected chi connectivity index (χ4v) is 12.6. The first-order chi connectivity index (χ1) is 55.9. The van der Waals surface area contributed by atoms with Gasteiger partial charge < -0.3 is 57.2 Å². The lowest BCUT2D eigenvalue weighted by Crippen LogP contribution is -2.41. The molecule has 3 atom stereocenters. The molecule has 9 heterocycles.